The number of hydrogen-bond acceptors (Lipinski definition) is 7. The summed E-state index contributed by atoms with van der Waals surface area (Å²) in [7, 11) is -3.74. The van der Waals surface area contributed by atoms with Gasteiger partial charge in [0.1, 0.15) is 0 Å². The van der Waals surface area contributed by atoms with Crippen LogP contribution in [-0.2, 0) is 19.6 Å². The molecule has 0 saturated carbocycles. The van der Waals surface area contributed by atoms with Crippen LogP contribution in [-0.4, -0.2) is 63.7 Å². The minimum absolute atomic E-state index is 0.0229. The Labute approximate surface area is 196 Å². The van der Waals surface area contributed by atoms with Gasteiger partial charge in [-0.05, 0) is 29.6 Å². The highest BCUT2D eigenvalue weighted by molar-refractivity contribution is 7.94. The lowest BCUT2D eigenvalue weighted by Crippen LogP contribution is -2.43. The Morgan fingerprint density at radius 3 is 2.66 bits per heavy atom. The van der Waals surface area contributed by atoms with E-state index in [1.807, 2.05) is 17.5 Å². The Kier molecular flexibility index (Phi) is 6.87. The van der Waals surface area contributed by atoms with Crippen molar-refractivity contribution in [3.8, 4) is 0 Å². The molecule has 0 spiro atoms. The molecule has 1 aromatic carbocycles. The topological polar surface area (TPSA) is 96.0 Å². The van der Waals surface area contributed by atoms with Crippen LogP contribution in [0.5, 0.6) is 0 Å². The Bertz CT molecular complexity index is 1100. The second-order valence-electron chi connectivity index (χ2n) is 7.84. The second-order valence-corrected chi connectivity index (χ2v) is 11.1. The molecule has 2 aliphatic rings. The molecule has 2 saturated heterocycles. The van der Waals surface area contributed by atoms with E-state index < -0.39 is 21.8 Å². The number of sulfonamides is 1. The number of morpholine rings is 1. The fourth-order valence-electron chi connectivity index (χ4n) is 3.97. The van der Waals surface area contributed by atoms with E-state index >= 15 is 0 Å². The SMILES string of the molecule is CC1CS(=O)(=O)N(c2ccc(C(=O)NCC(c3cccs3)N3CCOCC3)c(Cl)c2)C1=O. The van der Waals surface area contributed by atoms with Gasteiger partial charge in [0.2, 0.25) is 15.9 Å². The zero-order valence-corrected chi connectivity index (χ0v) is 19.9. The van der Waals surface area contributed by atoms with Crippen molar-refractivity contribution in [2.45, 2.75) is 13.0 Å². The average Bonchev–Trinajstić information content (AvgIpc) is 3.35. The number of halogens is 1. The molecule has 3 heterocycles. The highest BCUT2D eigenvalue weighted by Crippen LogP contribution is 2.31. The number of thiophene rings is 1. The maximum Gasteiger partial charge on any atom is 0.252 e. The van der Waals surface area contributed by atoms with Crippen molar-refractivity contribution in [3.63, 3.8) is 0 Å². The van der Waals surface area contributed by atoms with Gasteiger partial charge in [0, 0.05) is 24.5 Å². The molecule has 2 aromatic rings. The summed E-state index contributed by atoms with van der Waals surface area (Å²) in [5.74, 6) is -1.71. The van der Waals surface area contributed by atoms with E-state index in [1.165, 1.54) is 18.2 Å². The molecule has 1 N–H and O–H groups in total. The number of rotatable bonds is 6. The lowest BCUT2D eigenvalue weighted by atomic mass is 10.1. The molecule has 1 aromatic heterocycles. The Balaban J connectivity index is 1.49. The average molecular weight is 498 g/mol. The van der Waals surface area contributed by atoms with E-state index in [1.54, 1.807) is 18.3 Å². The van der Waals surface area contributed by atoms with Gasteiger partial charge in [-0.1, -0.05) is 24.6 Å². The molecule has 11 heteroatoms. The molecule has 0 radical (unpaired) electrons. The number of benzene rings is 1. The number of anilines is 1. The zero-order chi connectivity index (χ0) is 22.9. The number of carbonyl (C=O) groups is 2. The van der Waals surface area contributed by atoms with Crippen molar-refractivity contribution >= 4 is 50.5 Å². The van der Waals surface area contributed by atoms with Crippen molar-refractivity contribution in [2.24, 2.45) is 5.92 Å². The normalized spacial score (nSPS) is 22.1. The molecule has 2 amide bonds. The monoisotopic (exact) mass is 497 g/mol. The Hall–Kier alpha value is -1.98. The van der Waals surface area contributed by atoms with Crippen LogP contribution in [0.25, 0.3) is 0 Å². The van der Waals surface area contributed by atoms with E-state index in [0.717, 1.165) is 22.3 Å². The van der Waals surface area contributed by atoms with Gasteiger partial charge in [-0.15, -0.1) is 11.3 Å². The first-order valence-electron chi connectivity index (χ1n) is 10.3. The number of nitrogens with zero attached hydrogens (tertiary/aromatic N) is 2. The molecular weight excluding hydrogens is 474 g/mol. The molecule has 2 aliphatic heterocycles. The summed E-state index contributed by atoms with van der Waals surface area (Å²) in [4.78, 5) is 28.6. The predicted molar refractivity (Wildman–Crippen MR) is 124 cm³/mol. The Morgan fingerprint density at radius 1 is 1.31 bits per heavy atom. The number of nitrogens with one attached hydrogen (secondary N) is 1. The first-order valence-corrected chi connectivity index (χ1v) is 13.1. The molecule has 0 aliphatic carbocycles. The van der Waals surface area contributed by atoms with Gasteiger partial charge in [-0.3, -0.25) is 14.5 Å². The highest BCUT2D eigenvalue weighted by atomic mass is 35.5. The van der Waals surface area contributed by atoms with Crippen LogP contribution in [0.15, 0.2) is 35.7 Å². The van der Waals surface area contributed by atoms with Crippen molar-refractivity contribution in [1.29, 1.82) is 0 Å². The van der Waals surface area contributed by atoms with Crippen LogP contribution in [0.1, 0.15) is 28.2 Å². The van der Waals surface area contributed by atoms with Gasteiger partial charge in [-0.2, -0.15) is 0 Å². The van der Waals surface area contributed by atoms with Crippen LogP contribution in [0.2, 0.25) is 5.02 Å². The predicted octanol–water partition coefficient (Wildman–Crippen LogP) is 2.52. The van der Waals surface area contributed by atoms with Crippen LogP contribution < -0.4 is 9.62 Å². The highest BCUT2D eigenvalue weighted by Gasteiger charge is 2.42. The van der Waals surface area contributed by atoms with Gasteiger partial charge in [0.15, 0.2) is 0 Å². The second kappa shape index (κ2) is 9.48. The largest absolute Gasteiger partial charge is 0.379 e. The minimum atomic E-state index is -3.74. The lowest BCUT2D eigenvalue weighted by Gasteiger charge is -2.34. The van der Waals surface area contributed by atoms with Crippen molar-refractivity contribution in [3.05, 3.63) is 51.2 Å². The van der Waals surface area contributed by atoms with Crippen LogP contribution in [0.4, 0.5) is 5.69 Å². The maximum absolute atomic E-state index is 12.9. The fourth-order valence-corrected chi connectivity index (χ4v) is 6.90. The molecule has 2 unspecified atom stereocenters. The Morgan fingerprint density at radius 2 is 2.06 bits per heavy atom. The standard InChI is InChI=1S/C21H24ClN3O5S2/c1-14-13-32(28,29)25(21(14)27)15-4-5-16(17(22)11-15)20(26)23-12-18(19-3-2-10-31-19)24-6-8-30-9-7-24/h2-5,10-11,14,18H,6-9,12-13H2,1H3,(H,23,26). The van der Waals surface area contributed by atoms with E-state index in [-0.39, 0.29) is 34.0 Å². The van der Waals surface area contributed by atoms with Gasteiger partial charge in [0.25, 0.3) is 5.91 Å². The summed E-state index contributed by atoms with van der Waals surface area (Å²) in [6, 6.07) is 8.30. The number of hydrogen-bond donors (Lipinski definition) is 1. The summed E-state index contributed by atoms with van der Waals surface area (Å²) in [5, 5.41) is 5.04. The van der Waals surface area contributed by atoms with Crippen molar-refractivity contribution < 1.29 is 22.7 Å². The molecule has 0 bridgehead atoms. The summed E-state index contributed by atoms with van der Waals surface area (Å²) < 4.78 is 30.9. The smallest absolute Gasteiger partial charge is 0.252 e. The van der Waals surface area contributed by atoms with E-state index in [2.05, 4.69) is 10.2 Å². The molecule has 8 nitrogen and oxygen atoms in total. The van der Waals surface area contributed by atoms with Crippen LogP contribution >= 0.6 is 22.9 Å². The maximum atomic E-state index is 12.9. The minimum Gasteiger partial charge on any atom is -0.379 e. The summed E-state index contributed by atoms with van der Waals surface area (Å²) in [6.07, 6.45) is 0. The number of ether oxygens (including phenoxy) is 1. The number of amides is 2. The van der Waals surface area contributed by atoms with Crippen molar-refractivity contribution in [1.82, 2.24) is 10.2 Å². The third kappa shape index (κ3) is 4.69. The quantitative estimate of drug-likeness (QED) is 0.658. The fraction of sp³-hybridized carbons (Fsp3) is 0.429. The molecule has 172 valence electrons. The molecule has 4 rings (SSSR count). The van der Waals surface area contributed by atoms with Crippen LogP contribution in [0, 0.1) is 5.92 Å². The first kappa shape index (κ1) is 23.2. The summed E-state index contributed by atoms with van der Waals surface area (Å²) in [5.41, 5.74) is 0.366. The lowest BCUT2D eigenvalue weighted by molar-refractivity contribution is -0.119. The molecule has 32 heavy (non-hydrogen) atoms. The van der Waals surface area contributed by atoms with Gasteiger partial charge in [-0.25, -0.2) is 12.7 Å². The van der Waals surface area contributed by atoms with E-state index in [0.29, 0.717) is 19.8 Å². The molecule has 2 fully saturated rings. The van der Waals surface area contributed by atoms with Crippen LogP contribution in [0.3, 0.4) is 0 Å². The zero-order valence-electron chi connectivity index (χ0n) is 17.5. The van der Waals surface area contributed by atoms with Gasteiger partial charge < -0.3 is 10.1 Å². The third-order valence-electron chi connectivity index (χ3n) is 5.61. The molecular formula is C21H24ClN3O5S2. The van der Waals surface area contributed by atoms with Gasteiger partial charge in [0.05, 0.1) is 47.2 Å². The summed E-state index contributed by atoms with van der Waals surface area (Å²) >= 11 is 7.96. The van der Waals surface area contributed by atoms with Crippen molar-refractivity contribution in [2.75, 3.05) is 42.9 Å². The third-order valence-corrected chi connectivity index (χ3v) is 8.76. The summed E-state index contributed by atoms with van der Waals surface area (Å²) in [6.45, 7) is 4.84. The first-order chi connectivity index (χ1) is 15.3. The molecule has 2 atom stereocenters. The van der Waals surface area contributed by atoms with E-state index in [4.69, 9.17) is 16.3 Å². The van der Waals surface area contributed by atoms with Gasteiger partial charge >= 0.3 is 0 Å². The number of carbonyl (C=O) groups excluding carboxylic acids is 2. The van der Waals surface area contributed by atoms with E-state index in [9.17, 15) is 18.0 Å².